The van der Waals surface area contributed by atoms with Crippen LogP contribution in [0, 0.1) is 6.92 Å². The number of pyridine rings is 1. The van der Waals surface area contributed by atoms with E-state index in [2.05, 4.69) is 13.7 Å². The van der Waals surface area contributed by atoms with E-state index < -0.39 is 0 Å². The number of aromatic nitrogens is 3. The van der Waals surface area contributed by atoms with Crippen molar-refractivity contribution in [2.24, 2.45) is 0 Å². The van der Waals surface area contributed by atoms with Gasteiger partial charge in [0.1, 0.15) is 5.69 Å². The quantitative estimate of drug-likeness (QED) is 0.358. The molecular formula is C22H15N3O2S2. The van der Waals surface area contributed by atoms with E-state index in [9.17, 15) is 9.59 Å². The molecular weight excluding hydrogens is 402 g/mol. The van der Waals surface area contributed by atoms with E-state index in [1.807, 2.05) is 66.9 Å². The average molecular weight is 418 g/mol. The lowest BCUT2D eigenvalue weighted by Gasteiger charge is -2.09. The number of aldehydes is 2. The van der Waals surface area contributed by atoms with Crippen LogP contribution in [0.2, 0.25) is 0 Å². The summed E-state index contributed by atoms with van der Waals surface area (Å²) in [5.41, 5.74) is 4.53. The zero-order chi connectivity index (χ0) is 20.2. The summed E-state index contributed by atoms with van der Waals surface area (Å²) in [6, 6.07) is 17.5. The monoisotopic (exact) mass is 417 g/mol. The van der Waals surface area contributed by atoms with Crippen molar-refractivity contribution < 1.29 is 9.59 Å². The first-order valence-corrected chi connectivity index (χ1v) is 10.4. The maximum absolute atomic E-state index is 11.3. The summed E-state index contributed by atoms with van der Waals surface area (Å²) >= 11 is 2.74. The fraction of sp³-hybridized carbons (Fsp3) is 0.0455. The van der Waals surface area contributed by atoms with E-state index in [1.165, 1.54) is 23.1 Å². The molecule has 3 heterocycles. The molecule has 2 aromatic carbocycles. The van der Waals surface area contributed by atoms with Crippen molar-refractivity contribution >= 4 is 56.6 Å². The Morgan fingerprint density at radius 3 is 2.34 bits per heavy atom. The van der Waals surface area contributed by atoms with Gasteiger partial charge in [0.25, 0.3) is 0 Å². The highest BCUT2D eigenvalue weighted by molar-refractivity contribution is 7.13. The molecule has 5 aromatic rings. The van der Waals surface area contributed by atoms with Crippen molar-refractivity contribution in [3.05, 3.63) is 76.9 Å². The van der Waals surface area contributed by atoms with Crippen LogP contribution < -0.4 is 0 Å². The summed E-state index contributed by atoms with van der Waals surface area (Å²) < 4.78 is 9.39. The number of carbonyl (C=O) groups is 2. The molecule has 5 rings (SSSR count). The van der Waals surface area contributed by atoms with E-state index >= 15 is 0 Å². The molecule has 0 aliphatic rings. The molecule has 29 heavy (non-hydrogen) atoms. The molecule has 0 unspecified atom stereocenters. The zero-order valence-corrected chi connectivity index (χ0v) is 17.0. The molecule has 0 saturated heterocycles. The third kappa shape index (κ3) is 3.70. The third-order valence-corrected chi connectivity index (χ3v) is 5.85. The Kier molecular flexibility index (Phi) is 5.50. The number of hydrogen-bond acceptors (Lipinski definition) is 7. The van der Waals surface area contributed by atoms with Crippen LogP contribution >= 0.6 is 23.1 Å². The van der Waals surface area contributed by atoms with Crippen molar-refractivity contribution in [2.75, 3.05) is 0 Å². The van der Waals surface area contributed by atoms with Crippen LogP contribution in [0.1, 0.15) is 26.5 Å². The van der Waals surface area contributed by atoms with Crippen LogP contribution in [0.5, 0.6) is 0 Å². The van der Waals surface area contributed by atoms with Crippen molar-refractivity contribution in [1.29, 1.82) is 0 Å². The minimum Gasteiger partial charge on any atom is -0.298 e. The fourth-order valence-corrected chi connectivity index (χ4v) is 4.37. The van der Waals surface area contributed by atoms with Crippen LogP contribution in [0.4, 0.5) is 0 Å². The van der Waals surface area contributed by atoms with Gasteiger partial charge < -0.3 is 0 Å². The SMILES string of the molecule is Cc1nc2ccccc2c(-c2ccsn2)c1C=O.O=Cc1nsc2ccccc12. The van der Waals surface area contributed by atoms with E-state index in [4.69, 9.17) is 0 Å². The normalized spacial score (nSPS) is 10.5. The second kappa shape index (κ2) is 8.38. The summed E-state index contributed by atoms with van der Waals surface area (Å²) in [4.78, 5) is 26.2. The van der Waals surface area contributed by atoms with E-state index in [-0.39, 0.29) is 0 Å². The van der Waals surface area contributed by atoms with Crippen LogP contribution in [0.15, 0.2) is 60.0 Å². The number of aryl methyl sites for hydroxylation is 1. The summed E-state index contributed by atoms with van der Waals surface area (Å²) in [5, 5.41) is 3.83. The van der Waals surface area contributed by atoms with Crippen molar-refractivity contribution in [3.63, 3.8) is 0 Å². The van der Waals surface area contributed by atoms with Crippen molar-refractivity contribution in [1.82, 2.24) is 13.7 Å². The maximum Gasteiger partial charge on any atom is 0.170 e. The molecule has 0 bridgehead atoms. The Bertz CT molecular complexity index is 1310. The molecule has 7 heteroatoms. The Labute approximate surface area is 175 Å². The smallest absolute Gasteiger partial charge is 0.170 e. The van der Waals surface area contributed by atoms with Gasteiger partial charge in [-0.3, -0.25) is 14.6 Å². The van der Waals surface area contributed by atoms with Crippen molar-refractivity contribution in [2.45, 2.75) is 6.92 Å². The summed E-state index contributed by atoms with van der Waals surface area (Å²) in [6.45, 7) is 1.85. The molecule has 0 aliphatic heterocycles. The first-order valence-electron chi connectivity index (χ1n) is 8.77. The molecule has 0 fully saturated rings. The Hall–Kier alpha value is -3.29. The second-order valence-corrected chi connectivity index (χ2v) is 7.66. The number of carbonyl (C=O) groups excluding carboxylic acids is 2. The highest BCUT2D eigenvalue weighted by Gasteiger charge is 2.14. The molecule has 0 atom stereocenters. The fourth-order valence-electron chi connectivity index (χ4n) is 3.10. The lowest BCUT2D eigenvalue weighted by molar-refractivity contribution is 0.111. The molecule has 0 N–H and O–H groups in total. The maximum atomic E-state index is 11.3. The zero-order valence-electron chi connectivity index (χ0n) is 15.4. The molecule has 0 saturated carbocycles. The number of benzene rings is 2. The average Bonchev–Trinajstić information content (AvgIpc) is 3.43. The highest BCUT2D eigenvalue weighted by Crippen LogP contribution is 2.31. The number of nitrogens with zero attached hydrogens (tertiary/aromatic N) is 3. The first-order chi connectivity index (χ1) is 14.2. The molecule has 0 radical (unpaired) electrons. The molecule has 3 aromatic heterocycles. The van der Waals surface area contributed by atoms with E-state index in [0.29, 0.717) is 11.3 Å². The van der Waals surface area contributed by atoms with Gasteiger partial charge in [0.15, 0.2) is 12.6 Å². The van der Waals surface area contributed by atoms with Crippen LogP contribution in [-0.4, -0.2) is 26.3 Å². The third-order valence-electron chi connectivity index (χ3n) is 4.45. The van der Waals surface area contributed by atoms with Gasteiger partial charge >= 0.3 is 0 Å². The van der Waals surface area contributed by atoms with Gasteiger partial charge in [-0.15, -0.1) is 0 Å². The van der Waals surface area contributed by atoms with Gasteiger partial charge in [-0.2, -0.15) is 8.75 Å². The lowest BCUT2D eigenvalue weighted by Crippen LogP contribution is -1.97. The molecule has 5 nitrogen and oxygen atoms in total. The van der Waals surface area contributed by atoms with Gasteiger partial charge in [-0.1, -0.05) is 36.4 Å². The number of para-hydroxylation sites is 1. The second-order valence-electron chi connectivity index (χ2n) is 6.19. The van der Waals surface area contributed by atoms with Gasteiger partial charge in [0, 0.05) is 33.0 Å². The Balaban J connectivity index is 0.000000159. The standard InChI is InChI=1S/C14H10N2OS.C8H5NOS/c1-9-11(8-17)14(13-6-7-18-16-13)10-4-2-3-5-12(10)15-9;10-5-7-6-3-1-2-4-8(6)11-9-7/h2-8H,1H3;1-5H. The van der Waals surface area contributed by atoms with Crippen molar-refractivity contribution in [3.8, 4) is 11.3 Å². The van der Waals surface area contributed by atoms with Gasteiger partial charge in [0.05, 0.1) is 15.9 Å². The molecule has 0 aliphatic carbocycles. The number of fused-ring (bicyclic) bond motifs is 2. The topological polar surface area (TPSA) is 72.8 Å². The van der Waals surface area contributed by atoms with Gasteiger partial charge in [0.2, 0.25) is 0 Å². The van der Waals surface area contributed by atoms with E-state index in [0.717, 1.165) is 50.5 Å². The Morgan fingerprint density at radius 2 is 1.62 bits per heavy atom. The predicted octanol–water partition coefficient (Wildman–Crippen LogP) is 5.59. The first kappa shape index (κ1) is 19.0. The van der Waals surface area contributed by atoms with E-state index in [1.54, 1.807) is 0 Å². The summed E-state index contributed by atoms with van der Waals surface area (Å²) in [6.07, 6.45) is 1.66. The minimum atomic E-state index is 0.547. The number of hydrogen-bond donors (Lipinski definition) is 0. The largest absolute Gasteiger partial charge is 0.298 e. The van der Waals surface area contributed by atoms with Crippen LogP contribution in [-0.2, 0) is 0 Å². The Morgan fingerprint density at radius 1 is 0.862 bits per heavy atom. The molecule has 0 amide bonds. The van der Waals surface area contributed by atoms with Gasteiger partial charge in [-0.25, -0.2) is 0 Å². The highest BCUT2D eigenvalue weighted by atomic mass is 32.1. The predicted molar refractivity (Wildman–Crippen MR) is 118 cm³/mol. The minimum absolute atomic E-state index is 0.547. The van der Waals surface area contributed by atoms with Gasteiger partial charge in [-0.05, 0) is 48.2 Å². The lowest BCUT2D eigenvalue weighted by atomic mass is 9.99. The number of rotatable bonds is 3. The summed E-state index contributed by atoms with van der Waals surface area (Å²) in [5.74, 6) is 0. The summed E-state index contributed by atoms with van der Waals surface area (Å²) in [7, 11) is 0. The molecule has 142 valence electrons. The molecule has 0 spiro atoms. The van der Waals surface area contributed by atoms with Crippen LogP contribution in [0.25, 0.3) is 32.2 Å². The van der Waals surface area contributed by atoms with Crippen LogP contribution in [0.3, 0.4) is 0 Å².